The molecule has 0 radical (unpaired) electrons. The average molecular weight is 327 g/mol. The van der Waals surface area contributed by atoms with Crippen LogP contribution in [0.3, 0.4) is 0 Å². The number of benzene rings is 1. The second kappa shape index (κ2) is 6.55. The zero-order chi connectivity index (χ0) is 15.4. The van der Waals surface area contributed by atoms with Gasteiger partial charge in [0.1, 0.15) is 11.3 Å². The van der Waals surface area contributed by atoms with Gasteiger partial charge in [-0.15, -0.1) is 11.3 Å². The van der Waals surface area contributed by atoms with Crippen LogP contribution < -0.4 is 10.1 Å². The van der Waals surface area contributed by atoms with Crippen molar-refractivity contribution in [3.8, 4) is 5.75 Å². The smallest absolute Gasteiger partial charge is 0.339 e. The zero-order valence-electron chi connectivity index (χ0n) is 10.9. The number of halogens is 1. The van der Waals surface area contributed by atoms with E-state index in [2.05, 4.69) is 10.3 Å². The molecule has 1 heterocycles. The molecule has 0 spiro atoms. The number of ether oxygens (including phenoxy) is 1. The molecule has 0 saturated heterocycles. The largest absolute Gasteiger partial charge is 0.483 e. The Bertz CT molecular complexity index is 687. The fourth-order valence-corrected chi connectivity index (χ4v) is 2.38. The number of aromatic nitrogens is 1. The quantitative estimate of drug-likeness (QED) is 0.882. The number of carboxylic acid groups (broad SMARTS) is 1. The van der Waals surface area contributed by atoms with Gasteiger partial charge in [-0.05, 0) is 25.1 Å². The van der Waals surface area contributed by atoms with Crippen LogP contribution in [0, 0.1) is 6.92 Å². The van der Waals surface area contributed by atoms with Crippen molar-refractivity contribution in [1.29, 1.82) is 0 Å². The number of anilines is 1. The number of carboxylic acids is 1. The van der Waals surface area contributed by atoms with Crippen LogP contribution >= 0.6 is 22.9 Å². The lowest BCUT2D eigenvalue weighted by molar-refractivity contribution is -0.118. The SMILES string of the molecule is Cc1csc(NC(=O)COc2ccc(Cl)cc2C(=O)O)n1. The van der Waals surface area contributed by atoms with Crippen LogP contribution in [0.1, 0.15) is 16.1 Å². The number of thiazole rings is 1. The monoisotopic (exact) mass is 326 g/mol. The Balaban J connectivity index is 1.99. The Hall–Kier alpha value is -2.12. The summed E-state index contributed by atoms with van der Waals surface area (Å²) in [5, 5.41) is 14.2. The van der Waals surface area contributed by atoms with Gasteiger partial charge in [0.15, 0.2) is 11.7 Å². The second-order valence-corrected chi connectivity index (χ2v) is 5.37. The first-order valence-corrected chi connectivity index (χ1v) is 7.09. The van der Waals surface area contributed by atoms with E-state index in [1.807, 2.05) is 6.92 Å². The van der Waals surface area contributed by atoms with Crippen molar-refractivity contribution >= 4 is 39.9 Å². The summed E-state index contributed by atoms with van der Waals surface area (Å²) >= 11 is 7.03. The number of amides is 1. The minimum atomic E-state index is -1.18. The maximum absolute atomic E-state index is 11.7. The molecule has 110 valence electrons. The maximum atomic E-state index is 11.7. The molecule has 0 fully saturated rings. The molecule has 0 atom stereocenters. The molecule has 0 saturated carbocycles. The van der Waals surface area contributed by atoms with Crippen molar-refractivity contribution in [2.24, 2.45) is 0 Å². The molecule has 0 unspecified atom stereocenters. The van der Waals surface area contributed by atoms with Crippen molar-refractivity contribution in [3.05, 3.63) is 39.9 Å². The van der Waals surface area contributed by atoms with Gasteiger partial charge in [-0.25, -0.2) is 9.78 Å². The Morgan fingerprint density at radius 3 is 2.86 bits per heavy atom. The van der Waals surface area contributed by atoms with E-state index in [0.717, 1.165) is 5.69 Å². The highest BCUT2D eigenvalue weighted by atomic mass is 35.5. The van der Waals surface area contributed by atoms with Gasteiger partial charge in [0.2, 0.25) is 0 Å². The fraction of sp³-hybridized carbons (Fsp3) is 0.154. The van der Waals surface area contributed by atoms with Crippen LogP contribution in [-0.2, 0) is 4.79 Å². The molecule has 0 aliphatic rings. The molecular weight excluding hydrogens is 316 g/mol. The van der Waals surface area contributed by atoms with Gasteiger partial charge < -0.3 is 9.84 Å². The number of hydrogen-bond donors (Lipinski definition) is 2. The van der Waals surface area contributed by atoms with Crippen LogP contribution in [0.5, 0.6) is 5.75 Å². The van der Waals surface area contributed by atoms with Gasteiger partial charge in [0.25, 0.3) is 5.91 Å². The van der Waals surface area contributed by atoms with Crippen molar-refractivity contribution < 1.29 is 19.4 Å². The third-order valence-electron chi connectivity index (χ3n) is 2.40. The molecule has 1 aromatic heterocycles. The molecule has 6 nitrogen and oxygen atoms in total. The first kappa shape index (κ1) is 15.3. The molecule has 0 aliphatic heterocycles. The van der Waals surface area contributed by atoms with Crippen molar-refractivity contribution in [2.45, 2.75) is 6.92 Å². The number of aryl methyl sites for hydroxylation is 1. The van der Waals surface area contributed by atoms with Gasteiger partial charge in [-0.1, -0.05) is 11.6 Å². The van der Waals surface area contributed by atoms with Gasteiger partial charge >= 0.3 is 5.97 Å². The fourth-order valence-electron chi connectivity index (χ4n) is 1.51. The zero-order valence-corrected chi connectivity index (χ0v) is 12.5. The molecule has 2 rings (SSSR count). The van der Waals surface area contributed by atoms with E-state index < -0.39 is 11.9 Å². The standard InChI is InChI=1S/C13H11ClN2O4S/c1-7-6-21-13(15-7)16-11(17)5-20-10-3-2-8(14)4-9(10)12(18)19/h2-4,6H,5H2,1H3,(H,18,19)(H,15,16,17). The molecule has 0 aliphatic carbocycles. The molecule has 1 aromatic carbocycles. The molecule has 2 aromatic rings. The van der Waals surface area contributed by atoms with E-state index in [4.69, 9.17) is 21.4 Å². The Morgan fingerprint density at radius 1 is 1.48 bits per heavy atom. The van der Waals surface area contributed by atoms with Crippen molar-refractivity contribution in [3.63, 3.8) is 0 Å². The van der Waals surface area contributed by atoms with E-state index in [-0.39, 0.29) is 22.9 Å². The third-order valence-corrected chi connectivity index (χ3v) is 3.51. The first-order valence-electron chi connectivity index (χ1n) is 5.83. The van der Waals surface area contributed by atoms with Crippen LogP contribution in [-0.4, -0.2) is 28.6 Å². The van der Waals surface area contributed by atoms with Crippen LogP contribution in [0.15, 0.2) is 23.6 Å². The molecule has 1 amide bonds. The number of hydrogen-bond acceptors (Lipinski definition) is 5. The van der Waals surface area contributed by atoms with E-state index in [9.17, 15) is 9.59 Å². The predicted molar refractivity (Wildman–Crippen MR) is 79.4 cm³/mol. The van der Waals surface area contributed by atoms with Crippen molar-refractivity contribution in [1.82, 2.24) is 4.98 Å². The Morgan fingerprint density at radius 2 is 2.24 bits per heavy atom. The summed E-state index contributed by atoms with van der Waals surface area (Å²) in [6.45, 7) is 1.50. The summed E-state index contributed by atoms with van der Waals surface area (Å²) in [5.74, 6) is -1.52. The lowest BCUT2D eigenvalue weighted by Gasteiger charge is -2.09. The van der Waals surface area contributed by atoms with Gasteiger partial charge in [-0.2, -0.15) is 0 Å². The molecule has 2 N–H and O–H groups in total. The van der Waals surface area contributed by atoms with Crippen LogP contribution in [0.2, 0.25) is 5.02 Å². The Kier molecular flexibility index (Phi) is 4.77. The number of aromatic carboxylic acids is 1. The van der Waals surface area contributed by atoms with Crippen molar-refractivity contribution in [2.75, 3.05) is 11.9 Å². The van der Waals surface area contributed by atoms with E-state index in [0.29, 0.717) is 5.13 Å². The minimum absolute atomic E-state index is 0.0809. The van der Waals surface area contributed by atoms with Gasteiger partial charge in [0, 0.05) is 10.4 Å². The third kappa shape index (κ3) is 4.17. The maximum Gasteiger partial charge on any atom is 0.339 e. The molecule has 21 heavy (non-hydrogen) atoms. The number of nitrogens with one attached hydrogen (secondary N) is 1. The van der Waals surface area contributed by atoms with Crippen LogP contribution in [0.4, 0.5) is 5.13 Å². The second-order valence-electron chi connectivity index (χ2n) is 4.08. The summed E-state index contributed by atoms with van der Waals surface area (Å²) in [6.07, 6.45) is 0. The van der Waals surface area contributed by atoms with Crippen LogP contribution in [0.25, 0.3) is 0 Å². The number of carbonyl (C=O) groups is 2. The summed E-state index contributed by atoms with van der Waals surface area (Å²) < 4.78 is 5.22. The number of rotatable bonds is 5. The Labute approximate surface area is 129 Å². The highest BCUT2D eigenvalue weighted by molar-refractivity contribution is 7.13. The normalized spacial score (nSPS) is 10.2. The van der Waals surface area contributed by atoms with E-state index in [1.165, 1.54) is 29.5 Å². The molecular formula is C13H11ClN2O4S. The van der Waals surface area contributed by atoms with E-state index in [1.54, 1.807) is 5.38 Å². The summed E-state index contributed by atoms with van der Waals surface area (Å²) in [5.41, 5.74) is 0.711. The summed E-state index contributed by atoms with van der Waals surface area (Å²) in [4.78, 5) is 26.8. The lowest BCUT2D eigenvalue weighted by atomic mass is 10.2. The molecule has 0 bridgehead atoms. The number of nitrogens with zero attached hydrogens (tertiary/aromatic N) is 1. The first-order chi connectivity index (χ1) is 9.95. The average Bonchev–Trinajstić information content (AvgIpc) is 2.82. The summed E-state index contributed by atoms with van der Waals surface area (Å²) in [7, 11) is 0. The van der Waals surface area contributed by atoms with Gasteiger partial charge in [0.05, 0.1) is 5.69 Å². The minimum Gasteiger partial charge on any atom is -0.483 e. The lowest BCUT2D eigenvalue weighted by Crippen LogP contribution is -2.20. The highest BCUT2D eigenvalue weighted by Gasteiger charge is 2.14. The number of carbonyl (C=O) groups excluding carboxylic acids is 1. The molecule has 8 heteroatoms. The predicted octanol–water partition coefficient (Wildman–Crippen LogP) is 2.82. The highest BCUT2D eigenvalue weighted by Crippen LogP contribution is 2.23. The summed E-state index contributed by atoms with van der Waals surface area (Å²) in [6, 6.07) is 4.17. The topological polar surface area (TPSA) is 88.5 Å². The van der Waals surface area contributed by atoms with Gasteiger partial charge in [-0.3, -0.25) is 10.1 Å². The van der Waals surface area contributed by atoms with E-state index >= 15 is 0 Å².